The zero-order valence-electron chi connectivity index (χ0n) is 15.0. The largest absolute Gasteiger partial charge is 0.338 e. The third-order valence-electron chi connectivity index (χ3n) is 4.64. The Balaban J connectivity index is 1.47. The van der Waals surface area contributed by atoms with Crippen molar-refractivity contribution in [1.29, 1.82) is 0 Å². The van der Waals surface area contributed by atoms with Crippen LogP contribution in [0.5, 0.6) is 0 Å². The third kappa shape index (κ3) is 4.70. The molecule has 1 N–H and O–H groups in total. The van der Waals surface area contributed by atoms with E-state index in [1.807, 2.05) is 11.4 Å². The minimum absolute atomic E-state index is 0.00405. The molecule has 1 saturated heterocycles. The van der Waals surface area contributed by atoms with Crippen molar-refractivity contribution in [3.8, 4) is 0 Å². The monoisotopic (exact) mass is 393 g/mol. The van der Waals surface area contributed by atoms with Crippen LogP contribution >= 0.6 is 11.3 Å². The van der Waals surface area contributed by atoms with Crippen LogP contribution in [0, 0.1) is 11.6 Å². The van der Waals surface area contributed by atoms with Gasteiger partial charge in [0, 0.05) is 43.9 Å². The first kappa shape index (κ1) is 19.4. The number of piperazine rings is 1. The minimum atomic E-state index is -0.636. The Bertz CT molecular complexity index is 805. The van der Waals surface area contributed by atoms with Crippen molar-refractivity contribution in [1.82, 2.24) is 15.1 Å². The van der Waals surface area contributed by atoms with Gasteiger partial charge in [0.1, 0.15) is 11.6 Å². The highest BCUT2D eigenvalue weighted by Gasteiger charge is 2.25. The second-order valence-electron chi connectivity index (χ2n) is 6.42. The molecule has 8 heteroatoms. The molecule has 1 fully saturated rings. The first-order valence-corrected chi connectivity index (χ1v) is 9.62. The molecule has 0 spiro atoms. The summed E-state index contributed by atoms with van der Waals surface area (Å²) < 4.78 is 26.8. The highest BCUT2D eigenvalue weighted by atomic mass is 32.1. The molecule has 2 aromatic rings. The normalized spacial score (nSPS) is 15.7. The number of hydrogen-bond acceptors (Lipinski definition) is 4. The molecule has 0 saturated carbocycles. The molecule has 1 atom stereocenters. The van der Waals surface area contributed by atoms with Crippen LogP contribution < -0.4 is 5.32 Å². The summed E-state index contributed by atoms with van der Waals surface area (Å²) in [7, 11) is 0. The molecule has 1 aliphatic rings. The number of nitrogens with one attached hydrogen (secondary N) is 1. The van der Waals surface area contributed by atoms with Gasteiger partial charge in [-0.05, 0) is 24.4 Å². The van der Waals surface area contributed by atoms with E-state index in [1.54, 1.807) is 22.8 Å². The molecular weight excluding hydrogens is 372 g/mol. The number of carbonyl (C=O) groups is 2. The zero-order chi connectivity index (χ0) is 19.4. The zero-order valence-corrected chi connectivity index (χ0v) is 15.8. The number of benzene rings is 1. The highest BCUT2D eigenvalue weighted by Crippen LogP contribution is 2.18. The van der Waals surface area contributed by atoms with E-state index in [2.05, 4.69) is 5.32 Å². The Morgan fingerprint density at radius 2 is 1.85 bits per heavy atom. The lowest BCUT2D eigenvalue weighted by Crippen LogP contribution is -2.52. The maximum atomic E-state index is 13.8. The van der Waals surface area contributed by atoms with Crippen LogP contribution in [0.25, 0.3) is 0 Å². The van der Waals surface area contributed by atoms with Crippen LogP contribution in [-0.4, -0.2) is 54.3 Å². The molecule has 5 nitrogen and oxygen atoms in total. The predicted molar refractivity (Wildman–Crippen MR) is 99.6 cm³/mol. The van der Waals surface area contributed by atoms with Crippen LogP contribution in [0.2, 0.25) is 0 Å². The standard InChI is InChI=1S/C19H21F2N3O2S/c1-13(15-5-4-14(20)11-16(15)21)22-12-18(25)23-6-8-24(9-7-23)19(26)17-3-2-10-27-17/h2-5,10-11,13,22H,6-9,12H2,1H3/t13-/m1/s1. The maximum Gasteiger partial charge on any atom is 0.264 e. The fourth-order valence-electron chi connectivity index (χ4n) is 3.03. The summed E-state index contributed by atoms with van der Waals surface area (Å²) in [6.45, 7) is 3.70. The molecule has 3 rings (SSSR count). The quantitative estimate of drug-likeness (QED) is 0.850. The molecule has 0 aliphatic carbocycles. The van der Waals surface area contributed by atoms with E-state index in [0.29, 0.717) is 36.6 Å². The third-order valence-corrected chi connectivity index (χ3v) is 5.50. The van der Waals surface area contributed by atoms with Gasteiger partial charge in [0.05, 0.1) is 11.4 Å². The lowest BCUT2D eigenvalue weighted by atomic mass is 10.1. The Hall–Kier alpha value is -2.32. The summed E-state index contributed by atoms with van der Waals surface area (Å²) >= 11 is 1.41. The average molecular weight is 393 g/mol. The van der Waals surface area contributed by atoms with Crippen LogP contribution in [0.15, 0.2) is 35.7 Å². The lowest BCUT2D eigenvalue weighted by molar-refractivity contribution is -0.131. The minimum Gasteiger partial charge on any atom is -0.338 e. The average Bonchev–Trinajstić information content (AvgIpc) is 3.20. The van der Waals surface area contributed by atoms with Gasteiger partial charge in [-0.15, -0.1) is 11.3 Å². The second kappa shape index (κ2) is 8.58. The Labute approximate surface area is 160 Å². The van der Waals surface area contributed by atoms with Crippen molar-refractivity contribution >= 4 is 23.2 Å². The number of nitrogens with zero attached hydrogens (tertiary/aromatic N) is 2. The van der Waals surface area contributed by atoms with Gasteiger partial charge in [-0.3, -0.25) is 9.59 Å². The van der Waals surface area contributed by atoms with Gasteiger partial charge in [-0.25, -0.2) is 8.78 Å². The van der Waals surface area contributed by atoms with Crippen molar-refractivity contribution in [2.45, 2.75) is 13.0 Å². The molecule has 1 aromatic heterocycles. The maximum absolute atomic E-state index is 13.8. The van der Waals surface area contributed by atoms with E-state index >= 15 is 0 Å². The van der Waals surface area contributed by atoms with Gasteiger partial charge in [-0.1, -0.05) is 12.1 Å². The summed E-state index contributed by atoms with van der Waals surface area (Å²) in [5, 5.41) is 4.84. The van der Waals surface area contributed by atoms with Gasteiger partial charge in [0.25, 0.3) is 5.91 Å². The number of amides is 2. The van der Waals surface area contributed by atoms with E-state index in [9.17, 15) is 18.4 Å². The fraction of sp³-hybridized carbons (Fsp3) is 0.368. The molecule has 2 heterocycles. The van der Waals surface area contributed by atoms with E-state index in [-0.39, 0.29) is 18.4 Å². The lowest BCUT2D eigenvalue weighted by Gasteiger charge is -2.34. The summed E-state index contributed by atoms with van der Waals surface area (Å²) in [4.78, 5) is 28.9. The topological polar surface area (TPSA) is 52.7 Å². The van der Waals surface area contributed by atoms with Gasteiger partial charge in [0.15, 0.2) is 0 Å². The Kier molecular flexibility index (Phi) is 6.18. The highest BCUT2D eigenvalue weighted by molar-refractivity contribution is 7.12. The number of thiophene rings is 1. The van der Waals surface area contributed by atoms with Crippen molar-refractivity contribution in [3.63, 3.8) is 0 Å². The predicted octanol–water partition coefficient (Wildman–Crippen LogP) is 2.66. The summed E-state index contributed by atoms with van der Waals surface area (Å²) in [6.07, 6.45) is 0. The molecule has 27 heavy (non-hydrogen) atoms. The second-order valence-corrected chi connectivity index (χ2v) is 7.37. The van der Waals surface area contributed by atoms with Crippen LogP contribution in [-0.2, 0) is 4.79 Å². The molecule has 0 bridgehead atoms. The molecule has 1 aromatic carbocycles. The Morgan fingerprint density at radius 1 is 1.15 bits per heavy atom. The fourth-order valence-corrected chi connectivity index (χ4v) is 3.72. The van der Waals surface area contributed by atoms with Crippen LogP contribution in [0.4, 0.5) is 8.78 Å². The number of halogens is 2. The summed E-state index contributed by atoms with van der Waals surface area (Å²) in [5.41, 5.74) is 0.315. The van der Waals surface area contributed by atoms with Crippen molar-refractivity contribution in [2.24, 2.45) is 0 Å². The van der Waals surface area contributed by atoms with Crippen molar-refractivity contribution in [3.05, 3.63) is 57.8 Å². The molecular formula is C19H21F2N3O2S. The van der Waals surface area contributed by atoms with Gasteiger partial charge in [0.2, 0.25) is 5.91 Å². The van der Waals surface area contributed by atoms with Crippen LogP contribution in [0.1, 0.15) is 28.2 Å². The summed E-state index contributed by atoms with van der Waals surface area (Å²) in [6, 6.07) is 6.62. The molecule has 1 aliphatic heterocycles. The first-order valence-electron chi connectivity index (χ1n) is 8.74. The van der Waals surface area contributed by atoms with E-state index in [0.717, 1.165) is 6.07 Å². The van der Waals surface area contributed by atoms with E-state index in [4.69, 9.17) is 0 Å². The van der Waals surface area contributed by atoms with Gasteiger partial charge < -0.3 is 15.1 Å². The molecule has 0 radical (unpaired) electrons. The SMILES string of the molecule is C[C@@H](NCC(=O)N1CCN(C(=O)c2cccs2)CC1)c1ccc(F)cc1F. The van der Waals surface area contributed by atoms with E-state index < -0.39 is 17.7 Å². The van der Waals surface area contributed by atoms with Gasteiger partial charge >= 0.3 is 0 Å². The summed E-state index contributed by atoms with van der Waals surface area (Å²) in [5.74, 6) is -1.37. The number of rotatable bonds is 5. The Morgan fingerprint density at radius 3 is 2.48 bits per heavy atom. The molecule has 0 unspecified atom stereocenters. The first-order chi connectivity index (χ1) is 13.0. The number of hydrogen-bond donors (Lipinski definition) is 1. The number of carbonyl (C=O) groups excluding carboxylic acids is 2. The molecule has 144 valence electrons. The van der Waals surface area contributed by atoms with Crippen LogP contribution in [0.3, 0.4) is 0 Å². The van der Waals surface area contributed by atoms with E-state index in [1.165, 1.54) is 23.5 Å². The van der Waals surface area contributed by atoms with Crippen molar-refractivity contribution in [2.75, 3.05) is 32.7 Å². The van der Waals surface area contributed by atoms with Crippen molar-refractivity contribution < 1.29 is 18.4 Å². The van der Waals surface area contributed by atoms with Gasteiger partial charge in [-0.2, -0.15) is 0 Å². The molecule has 2 amide bonds. The smallest absolute Gasteiger partial charge is 0.264 e.